The number of aryl methyl sites for hydroxylation is 1. The highest BCUT2D eigenvalue weighted by Gasteiger charge is 2.36. The van der Waals surface area contributed by atoms with Crippen LogP contribution in [0, 0.1) is 18.8 Å². The van der Waals surface area contributed by atoms with Crippen LogP contribution >= 0.6 is 0 Å². The lowest BCUT2D eigenvalue weighted by Gasteiger charge is -2.34. The molecule has 2 aliphatic heterocycles. The van der Waals surface area contributed by atoms with Crippen molar-refractivity contribution in [3.05, 3.63) is 41.6 Å². The number of piperidine rings is 1. The second-order valence-corrected chi connectivity index (χ2v) is 10.2. The monoisotopic (exact) mass is 458 g/mol. The summed E-state index contributed by atoms with van der Waals surface area (Å²) in [5.41, 5.74) is 0.851. The Morgan fingerprint density at radius 2 is 1.94 bits per heavy atom. The summed E-state index contributed by atoms with van der Waals surface area (Å²) in [5.74, 6) is 2.41. The van der Waals surface area contributed by atoms with Gasteiger partial charge in [-0.1, -0.05) is 31.2 Å². The van der Waals surface area contributed by atoms with E-state index >= 15 is 0 Å². The van der Waals surface area contributed by atoms with Crippen molar-refractivity contribution in [2.24, 2.45) is 11.8 Å². The summed E-state index contributed by atoms with van der Waals surface area (Å²) in [6.07, 6.45) is 11.3. The number of ether oxygens (including phenoxy) is 1. The second kappa shape index (κ2) is 11.3. The van der Waals surface area contributed by atoms with Crippen molar-refractivity contribution >= 4 is 0 Å². The zero-order valence-corrected chi connectivity index (χ0v) is 20.6. The van der Waals surface area contributed by atoms with E-state index in [-0.39, 0.29) is 5.41 Å². The van der Waals surface area contributed by atoms with Crippen LogP contribution in [0.1, 0.15) is 50.5 Å². The summed E-state index contributed by atoms with van der Waals surface area (Å²) >= 11 is 0. The van der Waals surface area contributed by atoms with Crippen LogP contribution in [0.3, 0.4) is 0 Å². The van der Waals surface area contributed by atoms with Gasteiger partial charge < -0.3 is 14.3 Å². The first-order valence-electron chi connectivity index (χ1n) is 12.7. The number of morpholine rings is 1. The number of likely N-dealkylation sites (tertiary alicyclic amines) is 1. The first kappa shape index (κ1) is 24.6. The summed E-state index contributed by atoms with van der Waals surface area (Å²) in [5, 5.41) is 14.0. The van der Waals surface area contributed by atoms with Gasteiger partial charge in [-0.2, -0.15) is 0 Å². The number of aliphatic hydroxyl groups excluding tert-OH is 1. The Kier molecular flexibility index (Phi) is 8.41. The van der Waals surface area contributed by atoms with Gasteiger partial charge in [0.1, 0.15) is 12.0 Å². The van der Waals surface area contributed by atoms with Crippen LogP contribution in [-0.4, -0.2) is 78.6 Å². The molecule has 0 radical (unpaired) electrons. The summed E-state index contributed by atoms with van der Waals surface area (Å²) in [7, 11) is 0. The smallest absolute Gasteiger partial charge is 0.205 e. The topological polar surface area (TPSA) is 74.0 Å². The molecule has 3 aliphatic rings. The Morgan fingerprint density at radius 3 is 2.67 bits per heavy atom. The van der Waals surface area contributed by atoms with E-state index in [2.05, 4.69) is 53.3 Å². The molecule has 33 heavy (non-hydrogen) atoms. The zero-order valence-electron chi connectivity index (χ0n) is 20.6. The number of nitrogens with one attached hydrogen (secondary N) is 1. The number of aromatic nitrogens is 1. The van der Waals surface area contributed by atoms with Gasteiger partial charge in [-0.3, -0.25) is 15.1 Å². The Hall–Kier alpha value is -1.51. The van der Waals surface area contributed by atoms with E-state index < -0.39 is 6.23 Å². The van der Waals surface area contributed by atoms with Crippen LogP contribution in [0.4, 0.5) is 0 Å². The molecule has 2 saturated heterocycles. The number of hydrogen-bond donors (Lipinski definition) is 2. The molecule has 3 atom stereocenters. The second-order valence-electron chi connectivity index (χ2n) is 10.2. The number of allylic oxidation sites excluding steroid dienone is 4. The maximum Gasteiger partial charge on any atom is 0.205 e. The number of nitrogens with zero attached hydrogens (tertiary/aromatic N) is 3. The highest BCUT2D eigenvalue weighted by molar-refractivity contribution is 5.29. The van der Waals surface area contributed by atoms with Gasteiger partial charge in [0, 0.05) is 25.6 Å². The molecule has 3 unspecified atom stereocenters. The van der Waals surface area contributed by atoms with E-state index in [4.69, 9.17) is 14.1 Å². The van der Waals surface area contributed by atoms with Crippen molar-refractivity contribution < 1.29 is 14.3 Å². The van der Waals surface area contributed by atoms with Gasteiger partial charge in [-0.05, 0) is 65.2 Å². The van der Waals surface area contributed by atoms with Crippen molar-refractivity contribution in [1.82, 2.24) is 20.1 Å². The number of rotatable bonds is 9. The largest absolute Gasteiger partial charge is 0.445 e. The fourth-order valence-electron chi connectivity index (χ4n) is 5.09. The molecule has 1 aromatic rings. The fourth-order valence-corrected chi connectivity index (χ4v) is 5.09. The third kappa shape index (κ3) is 6.14. The van der Waals surface area contributed by atoms with E-state index in [1.165, 1.54) is 0 Å². The average molecular weight is 459 g/mol. The molecule has 4 rings (SSSR count). The quantitative estimate of drug-likeness (QED) is 0.435. The molecule has 0 spiro atoms. The Bertz CT molecular complexity index is 808. The first-order valence-corrected chi connectivity index (χ1v) is 12.7. The minimum Gasteiger partial charge on any atom is -0.445 e. The molecule has 7 nitrogen and oxygen atoms in total. The number of oxazole rings is 1. The van der Waals surface area contributed by atoms with Crippen LogP contribution in [0.5, 0.6) is 0 Å². The van der Waals surface area contributed by atoms with Crippen LogP contribution in [0.15, 0.2) is 28.7 Å². The van der Waals surface area contributed by atoms with E-state index in [1.807, 2.05) is 6.92 Å². The Balaban J connectivity index is 1.20. The van der Waals surface area contributed by atoms with E-state index in [9.17, 15) is 5.11 Å². The molecular weight excluding hydrogens is 416 g/mol. The summed E-state index contributed by atoms with van der Waals surface area (Å²) in [6.45, 7) is 14.9. The molecule has 1 aliphatic carbocycles. The highest BCUT2D eigenvalue weighted by Crippen LogP contribution is 2.37. The standard InChI is InChI=1S/C26H42N4O3/c1-20-7-4-5-10-26(20,3)25-28-23(21(2)33-25)19-30-13-8-22(9-14-30)24(31)27-11-6-12-29-15-17-32-18-16-29/h4-5,7,10,20,22,24,27,31H,6,8-9,11-19H2,1-3H3. The minimum atomic E-state index is -0.412. The minimum absolute atomic E-state index is 0.192. The Labute approximate surface area is 198 Å². The van der Waals surface area contributed by atoms with Gasteiger partial charge in [0.25, 0.3) is 0 Å². The van der Waals surface area contributed by atoms with Gasteiger partial charge in [0.2, 0.25) is 5.89 Å². The molecule has 184 valence electrons. The normalized spacial score (nSPS) is 28.4. The molecule has 0 bridgehead atoms. The van der Waals surface area contributed by atoms with Crippen LogP contribution in [-0.2, 0) is 16.7 Å². The third-order valence-electron chi connectivity index (χ3n) is 7.81. The predicted octanol–water partition coefficient (Wildman–Crippen LogP) is 2.85. The van der Waals surface area contributed by atoms with Crippen molar-refractivity contribution in [2.75, 3.05) is 52.5 Å². The summed E-state index contributed by atoms with van der Waals surface area (Å²) in [4.78, 5) is 9.81. The summed E-state index contributed by atoms with van der Waals surface area (Å²) in [6, 6.07) is 0. The predicted molar refractivity (Wildman–Crippen MR) is 130 cm³/mol. The Morgan fingerprint density at radius 1 is 1.18 bits per heavy atom. The maximum atomic E-state index is 10.6. The van der Waals surface area contributed by atoms with Gasteiger partial charge in [0.15, 0.2) is 0 Å². The van der Waals surface area contributed by atoms with Gasteiger partial charge in [-0.15, -0.1) is 0 Å². The first-order chi connectivity index (χ1) is 16.0. The van der Waals surface area contributed by atoms with E-state index in [0.717, 1.165) is 95.6 Å². The maximum absolute atomic E-state index is 10.6. The molecular formula is C26H42N4O3. The zero-order chi connectivity index (χ0) is 23.3. The van der Waals surface area contributed by atoms with Crippen molar-refractivity contribution in [3.63, 3.8) is 0 Å². The van der Waals surface area contributed by atoms with Crippen LogP contribution in [0.25, 0.3) is 0 Å². The highest BCUT2D eigenvalue weighted by atomic mass is 16.5. The SMILES string of the molecule is Cc1oc(C2(C)C=CC=CC2C)nc1CN1CCC(C(O)NCCCN2CCOCC2)CC1. The lowest BCUT2D eigenvalue weighted by molar-refractivity contribution is 0.0274. The van der Waals surface area contributed by atoms with Gasteiger partial charge in [0.05, 0.1) is 24.3 Å². The van der Waals surface area contributed by atoms with Gasteiger partial charge in [-0.25, -0.2) is 4.98 Å². The molecule has 0 aromatic carbocycles. The molecule has 3 heterocycles. The van der Waals surface area contributed by atoms with Crippen molar-refractivity contribution in [1.29, 1.82) is 0 Å². The van der Waals surface area contributed by atoms with Gasteiger partial charge >= 0.3 is 0 Å². The van der Waals surface area contributed by atoms with E-state index in [0.29, 0.717) is 11.8 Å². The molecule has 7 heteroatoms. The van der Waals surface area contributed by atoms with E-state index in [1.54, 1.807) is 0 Å². The molecule has 0 amide bonds. The lowest BCUT2D eigenvalue weighted by Crippen LogP contribution is -2.44. The van der Waals surface area contributed by atoms with Crippen molar-refractivity contribution in [2.45, 2.75) is 58.2 Å². The van der Waals surface area contributed by atoms with Crippen LogP contribution < -0.4 is 5.32 Å². The summed E-state index contributed by atoms with van der Waals surface area (Å²) < 4.78 is 11.5. The molecule has 0 saturated carbocycles. The number of aliphatic hydroxyl groups is 1. The number of hydrogen-bond acceptors (Lipinski definition) is 7. The molecule has 1 aromatic heterocycles. The molecule has 2 N–H and O–H groups in total. The average Bonchev–Trinajstić information content (AvgIpc) is 3.20. The van der Waals surface area contributed by atoms with Crippen molar-refractivity contribution in [3.8, 4) is 0 Å². The van der Waals surface area contributed by atoms with Crippen LogP contribution in [0.2, 0.25) is 0 Å². The third-order valence-corrected chi connectivity index (χ3v) is 7.81. The lowest BCUT2D eigenvalue weighted by atomic mass is 9.75. The fraction of sp³-hybridized carbons (Fsp3) is 0.731. The molecule has 2 fully saturated rings.